The lowest BCUT2D eigenvalue weighted by Gasteiger charge is -2.30. The van der Waals surface area contributed by atoms with Gasteiger partial charge in [-0.25, -0.2) is 9.78 Å². The van der Waals surface area contributed by atoms with E-state index in [0.29, 0.717) is 12.5 Å². The van der Waals surface area contributed by atoms with E-state index in [1.54, 1.807) is 30.5 Å². The van der Waals surface area contributed by atoms with Crippen molar-refractivity contribution in [3.63, 3.8) is 0 Å². The molecule has 118 valence electrons. The molecule has 1 amide bonds. The Morgan fingerprint density at radius 2 is 2.10 bits per heavy atom. The fourth-order valence-corrected chi connectivity index (χ4v) is 3.45. The third-order valence-corrected chi connectivity index (χ3v) is 4.61. The summed E-state index contributed by atoms with van der Waals surface area (Å²) >= 11 is 1.63. The van der Waals surface area contributed by atoms with Crippen LogP contribution in [-0.4, -0.2) is 49.9 Å². The van der Waals surface area contributed by atoms with Gasteiger partial charge in [0.1, 0.15) is 5.69 Å². The predicted octanol–water partition coefficient (Wildman–Crippen LogP) is 2.77. The van der Waals surface area contributed by atoms with Crippen LogP contribution < -0.4 is 0 Å². The number of amides is 1. The fourth-order valence-electron chi connectivity index (χ4n) is 2.46. The number of piperidine rings is 1. The maximum Gasteiger partial charge on any atom is 0.409 e. The number of hydrogen-bond donors (Lipinski definition) is 0. The summed E-state index contributed by atoms with van der Waals surface area (Å²) in [6.45, 7) is 3.68. The van der Waals surface area contributed by atoms with Crippen LogP contribution in [0, 0.1) is 0 Å². The van der Waals surface area contributed by atoms with Crippen molar-refractivity contribution >= 4 is 17.4 Å². The first-order chi connectivity index (χ1) is 10.2. The lowest BCUT2D eigenvalue weighted by atomic mass is 9.98. The van der Waals surface area contributed by atoms with Gasteiger partial charge in [0.2, 0.25) is 6.29 Å². The number of nitrogens with zero attached hydrogens (tertiary/aromatic N) is 2. The molecule has 0 radical (unpaired) electrons. The van der Waals surface area contributed by atoms with Gasteiger partial charge in [0.05, 0.1) is 11.6 Å². The van der Waals surface area contributed by atoms with Crippen LogP contribution in [0.25, 0.3) is 0 Å². The smallest absolute Gasteiger partial charge is 0.409 e. The molecule has 6 nitrogen and oxygen atoms in total. The molecule has 0 aromatic carbocycles. The number of ether oxygens (including phenoxy) is 3. The van der Waals surface area contributed by atoms with Crippen LogP contribution in [0.1, 0.15) is 42.7 Å². The third-order valence-electron chi connectivity index (χ3n) is 3.58. The van der Waals surface area contributed by atoms with Crippen molar-refractivity contribution in [3.05, 3.63) is 16.1 Å². The second-order valence-electron chi connectivity index (χ2n) is 4.87. The van der Waals surface area contributed by atoms with Crippen LogP contribution in [0.4, 0.5) is 4.79 Å². The zero-order valence-corrected chi connectivity index (χ0v) is 13.5. The molecule has 1 aromatic rings. The highest BCUT2D eigenvalue weighted by Gasteiger charge is 2.27. The zero-order valence-electron chi connectivity index (χ0n) is 12.7. The van der Waals surface area contributed by atoms with E-state index in [0.717, 1.165) is 36.6 Å². The van der Waals surface area contributed by atoms with Gasteiger partial charge in [0.25, 0.3) is 0 Å². The molecule has 1 fully saturated rings. The van der Waals surface area contributed by atoms with Gasteiger partial charge in [0, 0.05) is 38.6 Å². The highest BCUT2D eigenvalue weighted by atomic mass is 32.1. The highest BCUT2D eigenvalue weighted by Crippen LogP contribution is 2.32. The fraction of sp³-hybridized carbons (Fsp3) is 0.714. The molecule has 0 N–H and O–H groups in total. The van der Waals surface area contributed by atoms with Crippen molar-refractivity contribution < 1.29 is 19.0 Å². The van der Waals surface area contributed by atoms with Gasteiger partial charge in [-0.05, 0) is 19.8 Å². The molecule has 0 aliphatic carbocycles. The van der Waals surface area contributed by atoms with E-state index in [1.165, 1.54) is 0 Å². The van der Waals surface area contributed by atoms with Crippen molar-refractivity contribution in [2.75, 3.05) is 33.9 Å². The van der Waals surface area contributed by atoms with Gasteiger partial charge in [0.15, 0.2) is 0 Å². The predicted molar refractivity (Wildman–Crippen MR) is 79.4 cm³/mol. The normalized spacial score (nSPS) is 16.5. The maximum absolute atomic E-state index is 11.7. The molecule has 0 bridgehead atoms. The SMILES string of the molecule is CCOC(=O)N1CCC(c2nc(C(OC)OC)cs2)CC1. The largest absolute Gasteiger partial charge is 0.450 e. The highest BCUT2D eigenvalue weighted by molar-refractivity contribution is 7.09. The first-order valence-corrected chi connectivity index (χ1v) is 8.00. The number of thiazole rings is 1. The van der Waals surface area contributed by atoms with E-state index in [9.17, 15) is 4.79 Å². The monoisotopic (exact) mass is 314 g/mol. The molecular weight excluding hydrogens is 292 g/mol. The minimum atomic E-state index is -0.408. The average molecular weight is 314 g/mol. The summed E-state index contributed by atoms with van der Waals surface area (Å²) in [5.41, 5.74) is 0.813. The lowest BCUT2D eigenvalue weighted by molar-refractivity contribution is -0.108. The van der Waals surface area contributed by atoms with E-state index in [4.69, 9.17) is 14.2 Å². The number of aromatic nitrogens is 1. The average Bonchev–Trinajstić information content (AvgIpc) is 2.99. The zero-order chi connectivity index (χ0) is 15.2. The summed E-state index contributed by atoms with van der Waals surface area (Å²) in [6.07, 6.45) is 1.21. The summed E-state index contributed by atoms with van der Waals surface area (Å²) in [4.78, 5) is 18.1. The minimum Gasteiger partial charge on any atom is -0.450 e. The van der Waals surface area contributed by atoms with Gasteiger partial charge in [-0.2, -0.15) is 0 Å². The van der Waals surface area contributed by atoms with E-state index >= 15 is 0 Å². The topological polar surface area (TPSA) is 60.9 Å². The second kappa shape index (κ2) is 7.72. The molecule has 0 atom stereocenters. The molecule has 21 heavy (non-hydrogen) atoms. The van der Waals surface area contributed by atoms with E-state index in [2.05, 4.69) is 4.98 Å². The Balaban J connectivity index is 1.92. The number of hydrogen-bond acceptors (Lipinski definition) is 6. The van der Waals surface area contributed by atoms with Gasteiger partial charge >= 0.3 is 6.09 Å². The number of rotatable bonds is 5. The second-order valence-corrected chi connectivity index (χ2v) is 5.76. The summed E-state index contributed by atoms with van der Waals surface area (Å²) in [7, 11) is 3.20. The Hall–Kier alpha value is -1.18. The number of carbonyl (C=O) groups is 1. The van der Waals surface area contributed by atoms with E-state index < -0.39 is 6.29 Å². The lowest BCUT2D eigenvalue weighted by Crippen LogP contribution is -2.38. The van der Waals surface area contributed by atoms with Gasteiger partial charge < -0.3 is 19.1 Å². The molecule has 2 heterocycles. The molecule has 2 rings (SSSR count). The molecule has 1 aliphatic heterocycles. The first-order valence-electron chi connectivity index (χ1n) is 7.12. The first kappa shape index (κ1) is 16.2. The van der Waals surface area contributed by atoms with Crippen molar-refractivity contribution in [1.29, 1.82) is 0 Å². The molecular formula is C14H22N2O4S. The Kier molecular flexibility index (Phi) is 5.96. The van der Waals surface area contributed by atoms with Crippen LogP contribution in [0.15, 0.2) is 5.38 Å². The van der Waals surface area contributed by atoms with Crippen molar-refractivity contribution in [2.24, 2.45) is 0 Å². The van der Waals surface area contributed by atoms with Crippen LogP contribution in [0.2, 0.25) is 0 Å². The van der Waals surface area contributed by atoms with E-state index in [-0.39, 0.29) is 6.09 Å². The number of methoxy groups -OCH3 is 2. The summed E-state index contributed by atoms with van der Waals surface area (Å²) in [5.74, 6) is 0.392. The molecule has 0 unspecified atom stereocenters. The third kappa shape index (κ3) is 3.93. The van der Waals surface area contributed by atoms with Crippen LogP contribution in [0.3, 0.4) is 0 Å². The van der Waals surface area contributed by atoms with E-state index in [1.807, 2.05) is 12.3 Å². The van der Waals surface area contributed by atoms with Crippen molar-refractivity contribution in [1.82, 2.24) is 9.88 Å². The van der Waals surface area contributed by atoms with Gasteiger partial charge in [-0.1, -0.05) is 0 Å². The van der Waals surface area contributed by atoms with Gasteiger partial charge in [-0.15, -0.1) is 11.3 Å². The number of carbonyl (C=O) groups excluding carboxylic acids is 1. The van der Waals surface area contributed by atoms with Gasteiger partial charge in [-0.3, -0.25) is 0 Å². The van der Waals surface area contributed by atoms with Crippen molar-refractivity contribution in [3.8, 4) is 0 Å². The Labute approximate surface area is 129 Å². The molecule has 1 saturated heterocycles. The standard InChI is InChI=1S/C14H22N2O4S/c1-4-20-14(17)16-7-5-10(6-8-16)12-15-11(9-21-12)13(18-2)19-3/h9-10,13H,4-8H2,1-3H3. The minimum absolute atomic E-state index is 0.213. The maximum atomic E-state index is 11.7. The van der Waals surface area contributed by atoms with Crippen molar-refractivity contribution in [2.45, 2.75) is 32.0 Å². The van der Waals surface area contributed by atoms with Crippen LogP contribution in [-0.2, 0) is 14.2 Å². The molecule has 0 spiro atoms. The quantitative estimate of drug-likeness (QED) is 0.782. The summed E-state index contributed by atoms with van der Waals surface area (Å²) in [6, 6.07) is 0. The van der Waals surface area contributed by atoms with Crippen LogP contribution in [0.5, 0.6) is 0 Å². The Morgan fingerprint density at radius 1 is 1.43 bits per heavy atom. The molecule has 7 heteroatoms. The van der Waals surface area contributed by atoms with Crippen LogP contribution >= 0.6 is 11.3 Å². The molecule has 1 aromatic heterocycles. The number of likely N-dealkylation sites (tertiary alicyclic amines) is 1. The summed E-state index contributed by atoms with van der Waals surface area (Å²) < 4.78 is 15.5. The molecule has 1 aliphatic rings. The Morgan fingerprint density at radius 3 is 2.67 bits per heavy atom. The summed E-state index contributed by atoms with van der Waals surface area (Å²) in [5, 5.41) is 3.07. The molecule has 0 saturated carbocycles. The Bertz CT molecular complexity index is 454.